The predicted octanol–water partition coefficient (Wildman–Crippen LogP) is 1.84. The Hall–Kier alpha value is -1.73. The minimum Gasteiger partial charge on any atom is -0.383 e. The van der Waals surface area contributed by atoms with Crippen LogP contribution in [0.1, 0.15) is 13.3 Å². The van der Waals surface area contributed by atoms with Crippen LogP contribution in [-0.4, -0.2) is 35.0 Å². The van der Waals surface area contributed by atoms with Crippen LogP contribution in [0.5, 0.6) is 0 Å². The van der Waals surface area contributed by atoms with E-state index >= 15 is 0 Å². The quantitative estimate of drug-likeness (QED) is 0.844. The van der Waals surface area contributed by atoms with Gasteiger partial charge in [-0.2, -0.15) is 0 Å². The SMILES string of the molecule is CCCNc1nnc(-c2cccn(CCOC)c2=O)s1. The summed E-state index contributed by atoms with van der Waals surface area (Å²) in [4.78, 5) is 12.3. The normalized spacial score (nSPS) is 10.7. The van der Waals surface area contributed by atoms with Gasteiger partial charge in [0.15, 0.2) is 5.01 Å². The van der Waals surface area contributed by atoms with Gasteiger partial charge in [-0.3, -0.25) is 4.79 Å². The fourth-order valence-corrected chi connectivity index (χ4v) is 2.49. The van der Waals surface area contributed by atoms with Crippen molar-refractivity contribution in [2.24, 2.45) is 0 Å². The summed E-state index contributed by atoms with van der Waals surface area (Å²) >= 11 is 1.39. The number of hydrogen-bond acceptors (Lipinski definition) is 6. The Morgan fingerprint density at radius 3 is 3.05 bits per heavy atom. The Bertz CT molecular complexity index is 608. The Balaban J connectivity index is 2.24. The highest BCUT2D eigenvalue weighted by Crippen LogP contribution is 2.23. The van der Waals surface area contributed by atoms with Crippen molar-refractivity contribution in [2.45, 2.75) is 19.9 Å². The molecule has 2 heterocycles. The van der Waals surface area contributed by atoms with E-state index in [4.69, 9.17) is 4.74 Å². The van der Waals surface area contributed by atoms with E-state index in [-0.39, 0.29) is 5.56 Å². The summed E-state index contributed by atoms with van der Waals surface area (Å²) in [5, 5.41) is 12.7. The minimum absolute atomic E-state index is 0.0669. The van der Waals surface area contributed by atoms with E-state index in [0.29, 0.717) is 23.7 Å². The van der Waals surface area contributed by atoms with Crippen molar-refractivity contribution < 1.29 is 4.74 Å². The third-order valence-corrected chi connectivity index (χ3v) is 3.65. The highest BCUT2D eigenvalue weighted by molar-refractivity contribution is 7.18. The molecule has 1 N–H and O–H groups in total. The number of hydrogen-bond donors (Lipinski definition) is 1. The van der Waals surface area contributed by atoms with Gasteiger partial charge in [0.05, 0.1) is 12.2 Å². The van der Waals surface area contributed by atoms with Crippen LogP contribution in [0.15, 0.2) is 23.1 Å². The molecular weight excluding hydrogens is 276 g/mol. The van der Waals surface area contributed by atoms with Crippen LogP contribution in [0.3, 0.4) is 0 Å². The maximum atomic E-state index is 12.3. The highest BCUT2D eigenvalue weighted by Gasteiger charge is 2.11. The highest BCUT2D eigenvalue weighted by atomic mass is 32.1. The van der Waals surface area contributed by atoms with Crippen LogP contribution in [0, 0.1) is 0 Å². The molecule has 0 spiro atoms. The van der Waals surface area contributed by atoms with Crippen molar-refractivity contribution in [3.05, 3.63) is 28.7 Å². The molecule has 6 nitrogen and oxygen atoms in total. The summed E-state index contributed by atoms with van der Waals surface area (Å²) in [6.45, 7) is 3.97. The lowest BCUT2D eigenvalue weighted by Gasteiger charge is -2.05. The third-order valence-electron chi connectivity index (χ3n) is 2.74. The number of methoxy groups -OCH3 is 1. The zero-order chi connectivity index (χ0) is 14.4. The summed E-state index contributed by atoms with van der Waals surface area (Å²) in [7, 11) is 1.62. The Labute approximate surface area is 121 Å². The fraction of sp³-hybridized carbons (Fsp3) is 0.462. The van der Waals surface area contributed by atoms with Crippen molar-refractivity contribution in [2.75, 3.05) is 25.6 Å². The third kappa shape index (κ3) is 3.43. The van der Waals surface area contributed by atoms with E-state index in [1.54, 1.807) is 23.9 Å². The number of anilines is 1. The molecule has 0 fully saturated rings. The van der Waals surface area contributed by atoms with E-state index in [0.717, 1.165) is 18.1 Å². The first-order chi connectivity index (χ1) is 9.76. The van der Waals surface area contributed by atoms with Gasteiger partial charge < -0.3 is 14.6 Å². The van der Waals surface area contributed by atoms with E-state index in [9.17, 15) is 4.79 Å². The number of ether oxygens (including phenoxy) is 1. The second-order valence-corrected chi connectivity index (χ2v) is 5.23. The van der Waals surface area contributed by atoms with Crippen molar-refractivity contribution in [1.29, 1.82) is 0 Å². The largest absolute Gasteiger partial charge is 0.383 e. The van der Waals surface area contributed by atoms with Gasteiger partial charge in [-0.15, -0.1) is 10.2 Å². The van der Waals surface area contributed by atoms with E-state index in [1.807, 2.05) is 6.07 Å². The molecule has 0 aliphatic carbocycles. The van der Waals surface area contributed by atoms with Gasteiger partial charge >= 0.3 is 0 Å². The summed E-state index contributed by atoms with van der Waals surface area (Å²) in [6.07, 6.45) is 2.77. The predicted molar refractivity (Wildman–Crippen MR) is 80.3 cm³/mol. The molecule has 7 heteroatoms. The fourth-order valence-electron chi connectivity index (χ4n) is 1.70. The van der Waals surface area contributed by atoms with Gasteiger partial charge in [-0.25, -0.2) is 0 Å². The molecule has 2 aromatic heterocycles. The van der Waals surface area contributed by atoms with Gasteiger partial charge in [0.1, 0.15) is 0 Å². The van der Waals surface area contributed by atoms with Crippen molar-refractivity contribution in [1.82, 2.24) is 14.8 Å². The maximum Gasteiger partial charge on any atom is 0.261 e. The van der Waals surface area contributed by atoms with Crippen LogP contribution in [0.4, 0.5) is 5.13 Å². The molecule has 0 atom stereocenters. The molecule has 0 saturated heterocycles. The lowest BCUT2D eigenvalue weighted by Crippen LogP contribution is -2.22. The molecular formula is C13H18N4O2S. The molecule has 108 valence electrons. The molecule has 20 heavy (non-hydrogen) atoms. The Kier molecular flexibility index (Phi) is 5.25. The molecule has 0 aromatic carbocycles. The summed E-state index contributed by atoms with van der Waals surface area (Å²) in [5.41, 5.74) is 0.508. The average molecular weight is 294 g/mol. The van der Waals surface area contributed by atoms with Crippen LogP contribution < -0.4 is 10.9 Å². The van der Waals surface area contributed by atoms with Crippen molar-refractivity contribution >= 4 is 16.5 Å². The average Bonchev–Trinajstić information content (AvgIpc) is 2.92. The number of nitrogens with one attached hydrogen (secondary N) is 1. The minimum atomic E-state index is -0.0669. The molecule has 0 unspecified atom stereocenters. The van der Waals surface area contributed by atoms with Gasteiger partial charge in [0.25, 0.3) is 5.56 Å². The van der Waals surface area contributed by atoms with Gasteiger partial charge in [-0.05, 0) is 18.6 Å². The maximum absolute atomic E-state index is 12.3. The first-order valence-corrected chi connectivity index (χ1v) is 7.34. The summed E-state index contributed by atoms with van der Waals surface area (Å²) in [6, 6.07) is 3.61. The van der Waals surface area contributed by atoms with Crippen LogP contribution in [-0.2, 0) is 11.3 Å². The smallest absolute Gasteiger partial charge is 0.261 e. The summed E-state index contributed by atoms with van der Waals surface area (Å²) < 4.78 is 6.62. The zero-order valence-corrected chi connectivity index (χ0v) is 12.4. The van der Waals surface area contributed by atoms with E-state index in [1.165, 1.54) is 11.3 Å². The van der Waals surface area contributed by atoms with Crippen molar-refractivity contribution in [3.8, 4) is 10.6 Å². The first-order valence-electron chi connectivity index (χ1n) is 6.52. The topological polar surface area (TPSA) is 69.0 Å². The molecule has 2 aromatic rings. The summed E-state index contributed by atoms with van der Waals surface area (Å²) in [5.74, 6) is 0. The number of nitrogens with zero attached hydrogens (tertiary/aromatic N) is 3. The standard InChI is InChI=1S/C13H18N4O2S/c1-3-6-14-13-16-15-11(20-13)10-5-4-7-17(12(10)18)8-9-19-2/h4-5,7H,3,6,8-9H2,1-2H3,(H,14,16). The van der Waals surface area contributed by atoms with Gasteiger partial charge in [-0.1, -0.05) is 18.3 Å². The molecule has 0 aliphatic heterocycles. The number of aromatic nitrogens is 3. The Morgan fingerprint density at radius 2 is 2.30 bits per heavy atom. The Morgan fingerprint density at radius 1 is 1.45 bits per heavy atom. The molecule has 0 saturated carbocycles. The molecule has 0 bridgehead atoms. The number of pyridine rings is 1. The second kappa shape index (κ2) is 7.16. The van der Waals surface area contributed by atoms with Crippen LogP contribution in [0.2, 0.25) is 0 Å². The molecule has 0 amide bonds. The molecule has 0 radical (unpaired) electrons. The first kappa shape index (κ1) is 14.7. The second-order valence-electron chi connectivity index (χ2n) is 4.25. The van der Waals surface area contributed by atoms with Crippen molar-refractivity contribution in [3.63, 3.8) is 0 Å². The molecule has 0 aliphatic rings. The lowest BCUT2D eigenvalue weighted by molar-refractivity contribution is 0.186. The molecule has 2 rings (SSSR count). The zero-order valence-electron chi connectivity index (χ0n) is 11.6. The van der Waals surface area contributed by atoms with Gasteiger partial charge in [0.2, 0.25) is 5.13 Å². The van der Waals surface area contributed by atoms with Crippen LogP contribution >= 0.6 is 11.3 Å². The van der Waals surface area contributed by atoms with E-state index < -0.39 is 0 Å². The van der Waals surface area contributed by atoms with E-state index in [2.05, 4.69) is 22.4 Å². The monoisotopic (exact) mass is 294 g/mol. The number of rotatable bonds is 7. The van der Waals surface area contributed by atoms with Crippen LogP contribution in [0.25, 0.3) is 10.6 Å². The van der Waals surface area contributed by atoms with Gasteiger partial charge in [0, 0.05) is 26.4 Å². The lowest BCUT2D eigenvalue weighted by atomic mass is 10.3.